The predicted molar refractivity (Wildman–Crippen MR) is 97.1 cm³/mol. The average molecular weight is 350 g/mol. The van der Waals surface area contributed by atoms with E-state index < -0.39 is 0 Å². The Hall–Kier alpha value is -1.97. The number of halogens is 2. The van der Waals surface area contributed by atoms with Crippen LogP contribution in [0.3, 0.4) is 0 Å². The molecule has 0 atom stereocenters. The van der Waals surface area contributed by atoms with Crippen molar-refractivity contribution in [3.63, 3.8) is 0 Å². The van der Waals surface area contributed by atoms with Crippen LogP contribution in [-0.4, -0.2) is 19.9 Å². The number of methoxy groups -OCH3 is 1. The van der Waals surface area contributed by atoms with Crippen LogP contribution in [0.25, 0.3) is 0 Å². The van der Waals surface area contributed by atoms with Gasteiger partial charge in [-0.3, -0.25) is 4.99 Å². The molecule has 120 valence electrons. The summed E-state index contributed by atoms with van der Waals surface area (Å²) in [6, 6.07) is 9.16. The van der Waals surface area contributed by atoms with E-state index in [0.717, 1.165) is 16.8 Å². The number of hydrogen-bond donors (Lipinski definition) is 0. The van der Waals surface area contributed by atoms with Gasteiger partial charge in [-0.25, -0.2) is 0 Å². The maximum atomic E-state index is 6.27. The van der Waals surface area contributed by atoms with Crippen LogP contribution in [0.2, 0.25) is 10.0 Å². The highest BCUT2D eigenvalue weighted by atomic mass is 35.5. The van der Waals surface area contributed by atoms with E-state index in [1.54, 1.807) is 25.5 Å². The molecule has 2 rings (SSSR count). The minimum absolute atomic E-state index is 0.352. The van der Waals surface area contributed by atoms with Gasteiger partial charge in [-0.2, -0.15) is 0 Å². The fourth-order valence-corrected chi connectivity index (χ4v) is 2.40. The lowest BCUT2D eigenvalue weighted by Gasteiger charge is -2.12. The molecule has 5 heteroatoms. The molecule has 2 aromatic carbocycles. The summed E-state index contributed by atoms with van der Waals surface area (Å²) >= 11 is 12.3. The molecule has 0 aliphatic carbocycles. The van der Waals surface area contributed by atoms with Crippen LogP contribution in [0, 0.1) is 6.92 Å². The van der Waals surface area contributed by atoms with E-state index in [1.165, 1.54) is 0 Å². The zero-order chi connectivity index (χ0) is 16.8. The lowest BCUT2D eigenvalue weighted by Crippen LogP contribution is -1.98. The van der Waals surface area contributed by atoms with Gasteiger partial charge in [0.15, 0.2) is 11.5 Å². The Balaban J connectivity index is 2.33. The zero-order valence-corrected chi connectivity index (χ0v) is 14.5. The summed E-state index contributed by atoms with van der Waals surface area (Å²) in [5, 5.41) is 1.10. The second kappa shape index (κ2) is 8.04. The van der Waals surface area contributed by atoms with Gasteiger partial charge in [0.25, 0.3) is 0 Å². The Kier molecular flexibility index (Phi) is 6.08. The van der Waals surface area contributed by atoms with Crippen LogP contribution < -0.4 is 9.47 Å². The first kappa shape index (κ1) is 17.4. The first-order chi connectivity index (χ1) is 11.0. The molecule has 0 aromatic heterocycles. The topological polar surface area (TPSA) is 30.8 Å². The quantitative estimate of drug-likeness (QED) is 0.500. The van der Waals surface area contributed by atoms with Crippen molar-refractivity contribution in [2.24, 2.45) is 4.99 Å². The lowest BCUT2D eigenvalue weighted by atomic mass is 10.2. The standard InChI is InChI=1S/C18H17Cl2NO2/c1-4-7-23-18-15(20)8-13(9-17(18)22-3)11-21-16-10-14(19)6-5-12(16)2/h4-6,8-11H,1,7H2,2-3H3. The molecular weight excluding hydrogens is 333 g/mol. The van der Waals surface area contributed by atoms with E-state index >= 15 is 0 Å². The van der Waals surface area contributed by atoms with Crippen molar-refractivity contribution in [1.82, 2.24) is 0 Å². The highest BCUT2D eigenvalue weighted by Crippen LogP contribution is 2.36. The Morgan fingerprint density at radius 2 is 2.00 bits per heavy atom. The molecule has 0 N–H and O–H groups in total. The van der Waals surface area contributed by atoms with Gasteiger partial charge < -0.3 is 9.47 Å². The second-order valence-electron chi connectivity index (χ2n) is 4.82. The van der Waals surface area contributed by atoms with Crippen LogP contribution in [-0.2, 0) is 0 Å². The fourth-order valence-electron chi connectivity index (χ4n) is 1.96. The Morgan fingerprint density at radius 3 is 2.70 bits per heavy atom. The molecule has 0 radical (unpaired) electrons. The SMILES string of the molecule is C=CCOc1c(Cl)cc(C=Nc2cc(Cl)ccc2C)cc1OC. The molecule has 0 unspecified atom stereocenters. The summed E-state index contributed by atoms with van der Waals surface area (Å²) in [6.45, 7) is 5.94. The number of ether oxygens (including phenoxy) is 2. The summed E-state index contributed by atoms with van der Waals surface area (Å²) in [5.41, 5.74) is 2.64. The van der Waals surface area contributed by atoms with Crippen molar-refractivity contribution in [3.05, 3.63) is 64.2 Å². The van der Waals surface area contributed by atoms with Crippen molar-refractivity contribution in [2.45, 2.75) is 6.92 Å². The Labute approximate surface area is 146 Å². The van der Waals surface area contributed by atoms with E-state index in [2.05, 4.69) is 11.6 Å². The molecule has 0 aliphatic rings. The lowest BCUT2D eigenvalue weighted by molar-refractivity contribution is 0.326. The second-order valence-corrected chi connectivity index (χ2v) is 5.67. The minimum atomic E-state index is 0.352. The third kappa shape index (κ3) is 4.50. The number of aryl methyl sites for hydroxylation is 1. The molecule has 0 fully saturated rings. The highest BCUT2D eigenvalue weighted by Gasteiger charge is 2.11. The van der Waals surface area contributed by atoms with Gasteiger partial charge in [-0.05, 0) is 42.3 Å². The molecule has 23 heavy (non-hydrogen) atoms. The third-order valence-electron chi connectivity index (χ3n) is 3.12. The minimum Gasteiger partial charge on any atom is -0.493 e. The molecule has 0 aliphatic heterocycles. The maximum absolute atomic E-state index is 6.27. The molecule has 0 saturated heterocycles. The van der Waals surface area contributed by atoms with Crippen molar-refractivity contribution in [3.8, 4) is 11.5 Å². The van der Waals surface area contributed by atoms with Crippen LogP contribution >= 0.6 is 23.2 Å². The Morgan fingerprint density at radius 1 is 1.22 bits per heavy atom. The van der Waals surface area contributed by atoms with Crippen LogP contribution in [0.5, 0.6) is 11.5 Å². The Bertz CT molecular complexity index is 742. The fraction of sp³-hybridized carbons (Fsp3) is 0.167. The highest BCUT2D eigenvalue weighted by molar-refractivity contribution is 6.32. The van der Waals surface area contributed by atoms with Crippen molar-refractivity contribution < 1.29 is 9.47 Å². The van der Waals surface area contributed by atoms with Gasteiger partial charge in [0.05, 0.1) is 17.8 Å². The number of nitrogens with zero attached hydrogens (tertiary/aromatic N) is 1. The summed E-state index contributed by atoms with van der Waals surface area (Å²) < 4.78 is 10.9. The van der Waals surface area contributed by atoms with E-state index in [1.807, 2.05) is 31.2 Å². The first-order valence-electron chi connectivity index (χ1n) is 6.96. The summed E-state index contributed by atoms with van der Waals surface area (Å²) in [4.78, 5) is 4.46. The van der Waals surface area contributed by atoms with Crippen molar-refractivity contribution in [2.75, 3.05) is 13.7 Å². The smallest absolute Gasteiger partial charge is 0.180 e. The normalized spacial score (nSPS) is 10.8. The van der Waals surface area contributed by atoms with Crippen LogP contribution in [0.1, 0.15) is 11.1 Å². The largest absolute Gasteiger partial charge is 0.493 e. The van der Waals surface area contributed by atoms with Crippen molar-refractivity contribution in [1.29, 1.82) is 0 Å². The maximum Gasteiger partial charge on any atom is 0.180 e. The van der Waals surface area contributed by atoms with E-state index in [-0.39, 0.29) is 0 Å². The van der Waals surface area contributed by atoms with Gasteiger partial charge in [-0.15, -0.1) is 0 Å². The van der Waals surface area contributed by atoms with Crippen LogP contribution in [0.15, 0.2) is 48.0 Å². The number of benzene rings is 2. The van der Waals surface area contributed by atoms with Gasteiger partial charge in [0.2, 0.25) is 0 Å². The molecule has 3 nitrogen and oxygen atoms in total. The van der Waals surface area contributed by atoms with E-state index in [9.17, 15) is 0 Å². The molecular formula is C18H17Cl2NO2. The number of hydrogen-bond acceptors (Lipinski definition) is 3. The molecule has 0 spiro atoms. The zero-order valence-electron chi connectivity index (χ0n) is 13.0. The van der Waals surface area contributed by atoms with Gasteiger partial charge in [-0.1, -0.05) is 41.9 Å². The predicted octanol–water partition coefficient (Wildman–Crippen LogP) is 5.63. The van der Waals surface area contributed by atoms with Crippen LogP contribution in [0.4, 0.5) is 5.69 Å². The number of aliphatic imine (C=N–C) groups is 1. The molecule has 2 aromatic rings. The molecule has 0 bridgehead atoms. The molecule has 0 heterocycles. The van der Waals surface area contributed by atoms with Gasteiger partial charge in [0, 0.05) is 11.2 Å². The van der Waals surface area contributed by atoms with Crippen molar-refractivity contribution >= 4 is 35.1 Å². The van der Waals surface area contributed by atoms with E-state index in [4.69, 9.17) is 32.7 Å². The first-order valence-corrected chi connectivity index (χ1v) is 7.72. The summed E-state index contributed by atoms with van der Waals surface area (Å²) in [7, 11) is 1.56. The average Bonchev–Trinajstić information content (AvgIpc) is 2.54. The van der Waals surface area contributed by atoms with Gasteiger partial charge in [0.1, 0.15) is 6.61 Å². The summed E-state index contributed by atoms with van der Waals surface area (Å²) in [5.74, 6) is 1.04. The van der Waals surface area contributed by atoms with Gasteiger partial charge >= 0.3 is 0 Å². The number of rotatable bonds is 6. The monoisotopic (exact) mass is 349 g/mol. The molecule has 0 saturated carbocycles. The van der Waals surface area contributed by atoms with E-state index in [0.29, 0.717) is 28.2 Å². The summed E-state index contributed by atoms with van der Waals surface area (Å²) in [6.07, 6.45) is 3.36. The molecule has 0 amide bonds. The third-order valence-corrected chi connectivity index (χ3v) is 3.64.